The second kappa shape index (κ2) is 9.11. The summed E-state index contributed by atoms with van der Waals surface area (Å²) in [6, 6.07) is 14.6. The number of nitrogens with zero attached hydrogens (tertiary/aromatic N) is 2. The Morgan fingerprint density at radius 3 is 2.36 bits per heavy atom. The summed E-state index contributed by atoms with van der Waals surface area (Å²) in [4.78, 5) is 25.3. The Morgan fingerprint density at radius 1 is 1.06 bits per heavy atom. The molecule has 0 amide bonds. The molecule has 8 nitrogen and oxygen atoms in total. The molecule has 4 N–H and O–H groups in total. The van der Waals surface area contributed by atoms with Crippen molar-refractivity contribution >= 4 is 23.2 Å². The van der Waals surface area contributed by atoms with Crippen molar-refractivity contribution in [1.82, 2.24) is 14.8 Å². The number of H-pyrrole nitrogens is 1. The van der Waals surface area contributed by atoms with Crippen LogP contribution in [0.4, 0.5) is 0 Å². The van der Waals surface area contributed by atoms with Crippen LogP contribution < -0.4 is 21.7 Å². The van der Waals surface area contributed by atoms with E-state index in [0.717, 1.165) is 22.0 Å². The van der Waals surface area contributed by atoms with Gasteiger partial charge >= 0.3 is 5.69 Å². The lowest BCUT2D eigenvalue weighted by molar-refractivity contribution is 0.455. The largest absolute Gasteiger partial charge is 0.508 e. The number of nitrogens with two attached hydrogens (primary N) is 1. The third kappa shape index (κ3) is 4.78. The minimum atomic E-state index is -0.739. The smallest absolute Gasteiger partial charge is 0.349 e. The minimum absolute atomic E-state index is 0.0199. The average molecular weight is 485 g/mol. The number of aromatic amines is 1. The maximum Gasteiger partial charge on any atom is 0.349 e. The van der Waals surface area contributed by atoms with E-state index in [-0.39, 0.29) is 27.2 Å². The zero-order valence-electron chi connectivity index (χ0n) is 17.3. The summed E-state index contributed by atoms with van der Waals surface area (Å²) in [5.74, 6) is 0.507. The van der Waals surface area contributed by atoms with Gasteiger partial charge in [-0.1, -0.05) is 53.0 Å². The Labute approximate surface area is 197 Å². The van der Waals surface area contributed by atoms with Crippen molar-refractivity contribution < 1.29 is 9.84 Å². The lowest BCUT2D eigenvalue weighted by atomic mass is 9.98. The van der Waals surface area contributed by atoms with Crippen LogP contribution in [-0.2, 0) is 0 Å². The van der Waals surface area contributed by atoms with Crippen LogP contribution in [0.3, 0.4) is 0 Å². The monoisotopic (exact) mass is 484 g/mol. The number of nitrogens with one attached hydrogen (secondary N) is 1. The van der Waals surface area contributed by atoms with Gasteiger partial charge in [-0.3, -0.25) is 9.78 Å². The quantitative estimate of drug-likeness (QED) is 0.392. The molecule has 4 rings (SSSR count). The van der Waals surface area contributed by atoms with Crippen LogP contribution in [0.25, 0.3) is 5.69 Å². The maximum atomic E-state index is 12.0. The van der Waals surface area contributed by atoms with E-state index in [1.54, 1.807) is 12.1 Å². The molecule has 3 aromatic carbocycles. The van der Waals surface area contributed by atoms with E-state index in [1.165, 1.54) is 18.2 Å². The summed E-state index contributed by atoms with van der Waals surface area (Å²) in [7, 11) is 0. The van der Waals surface area contributed by atoms with Gasteiger partial charge in [-0.2, -0.15) is 9.78 Å². The van der Waals surface area contributed by atoms with Crippen LogP contribution in [0, 0.1) is 6.92 Å². The molecule has 1 aromatic heterocycles. The van der Waals surface area contributed by atoms with Crippen molar-refractivity contribution in [2.24, 2.45) is 5.73 Å². The van der Waals surface area contributed by atoms with Gasteiger partial charge in [0, 0.05) is 5.56 Å². The molecular formula is C23H18Cl2N4O4. The second-order valence-electron chi connectivity index (χ2n) is 7.30. The number of rotatable bonds is 5. The fourth-order valence-corrected chi connectivity index (χ4v) is 3.77. The van der Waals surface area contributed by atoms with Crippen LogP contribution in [0.1, 0.15) is 22.7 Å². The number of hydrogen-bond donors (Lipinski definition) is 3. The van der Waals surface area contributed by atoms with Crippen molar-refractivity contribution in [2.45, 2.75) is 13.0 Å². The van der Waals surface area contributed by atoms with Gasteiger partial charge < -0.3 is 15.6 Å². The van der Waals surface area contributed by atoms with Gasteiger partial charge in [0.05, 0.1) is 21.8 Å². The van der Waals surface area contributed by atoms with Gasteiger partial charge in [-0.05, 0) is 42.8 Å². The maximum absolute atomic E-state index is 12.0. The molecule has 0 aliphatic rings. The third-order valence-corrected chi connectivity index (χ3v) is 5.49. The van der Waals surface area contributed by atoms with Crippen LogP contribution in [0.5, 0.6) is 17.2 Å². The van der Waals surface area contributed by atoms with Crippen molar-refractivity contribution in [3.63, 3.8) is 0 Å². The molecule has 33 heavy (non-hydrogen) atoms. The zero-order valence-corrected chi connectivity index (χ0v) is 18.8. The van der Waals surface area contributed by atoms with Crippen molar-refractivity contribution in [1.29, 1.82) is 0 Å². The summed E-state index contributed by atoms with van der Waals surface area (Å²) in [5, 5.41) is 14.3. The van der Waals surface area contributed by atoms with Crippen molar-refractivity contribution in [2.75, 3.05) is 0 Å². The van der Waals surface area contributed by atoms with E-state index in [1.807, 2.05) is 31.2 Å². The molecule has 0 spiro atoms. The summed E-state index contributed by atoms with van der Waals surface area (Å²) in [6.07, 6.45) is 0.961. The summed E-state index contributed by atoms with van der Waals surface area (Å²) >= 11 is 12.7. The van der Waals surface area contributed by atoms with Crippen molar-refractivity contribution in [3.05, 3.63) is 108 Å². The lowest BCUT2D eigenvalue weighted by Crippen LogP contribution is -2.30. The molecular weight excluding hydrogens is 467 g/mol. The highest BCUT2D eigenvalue weighted by Gasteiger charge is 2.17. The molecule has 1 atom stereocenters. The van der Waals surface area contributed by atoms with Gasteiger partial charge in [0.1, 0.15) is 17.7 Å². The highest BCUT2D eigenvalue weighted by Crippen LogP contribution is 2.40. The SMILES string of the molecule is Cc1ccc(C(N)c2cc(Oc3c(Cl)cc(-n4ncc(=O)[nH]c4=O)cc3Cl)ccc2O)cc1. The Balaban J connectivity index is 1.66. The Morgan fingerprint density at radius 2 is 1.73 bits per heavy atom. The number of aryl methyl sites for hydroxylation is 1. The number of halogens is 2. The molecule has 168 valence electrons. The summed E-state index contributed by atoms with van der Waals surface area (Å²) in [5.41, 5.74) is 7.63. The molecule has 0 aliphatic carbocycles. The van der Waals surface area contributed by atoms with Gasteiger partial charge in [0.2, 0.25) is 0 Å². The van der Waals surface area contributed by atoms with Gasteiger partial charge in [0.15, 0.2) is 5.75 Å². The minimum Gasteiger partial charge on any atom is -0.508 e. The van der Waals surface area contributed by atoms with E-state index in [9.17, 15) is 14.7 Å². The van der Waals surface area contributed by atoms with E-state index in [4.69, 9.17) is 33.7 Å². The van der Waals surface area contributed by atoms with Crippen LogP contribution in [0.15, 0.2) is 70.4 Å². The molecule has 0 aliphatic heterocycles. The highest BCUT2D eigenvalue weighted by molar-refractivity contribution is 6.37. The molecule has 4 aromatic rings. The van der Waals surface area contributed by atoms with Crippen LogP contribution in [0.2, 0.25) is 10.0 Å². The number of phenolic OH excluding ortho intramolecular Hbond substituents is 1. The number of aromatic nitrogens is 3. The Kier molecular flexibility index (Phi) is 6.24. The van der Waals surface area contributed by atoms with Crippen LogP contribution in [-0.4, -0.2) is 19.9 Å². The first kappa shape index (κ1) is 22.6. The first-order valence-electron chi connectivity index (χ1n) is 9.74. The molecule has 0 saturated heterocycles. The predicted molar refractivity (Wildman–Crippen MR) is 126 cm³/mol. The normalized spacial score (nSPS) is 11.9. The number of benzene rings is 3. The molecule has 0 bridgehead atoms. The third-order valence-electron chi connectivity index (χ3n) is 4.93. The fourth-order valence-electron chi connectivity index (χ4n) is 3.22. The van der Waals surface area contributed by atoms with E-state index in [0.29, 0.717) is 11.3 Å². The first-order valence-corrected chi connectivity index (χ1v) is 10.5. The number of hydrogen-bond acceptors (Lipinski definition) is 6. The summed E-state index contributed by atoms with van der Waals surface area (Å²) < 4.78 is 6.83. The fraction of sp³-hybridized carbons (Fsp3) is 0.0870. The van der Waals surface area contributed by atoms with E-state index < -0.39 is 17.3 Å². The topological polar surface area (TPSA) is 123 Å². The van der Waals surface area contributed by atoms with E-state index in [2.05, 4.69) is 10.1 Å². The molecule has 0 saturated carbocycles. The molecule has 1 unspecified atom stereocenters. The number of phenols is 1. The predicted octanol–water partition coefficient (Wildman–Crippen LogP) is 4.08. The number of ether oxygens (including phenoxy) is 1. The highest BCUT2D eigenvalue weighted by atomic mass is 35.5. The van der Waals surface area contributed by atoms with Gasteiger partial charge in [-0.25, -0.2) is 4.79 Å². The van der Waals surface area contributed by atoms with Crippen LogP contribution >= 0.6 is 23.2 Å². The second-order valence-corrected chi connectivity index (χ2v) is 8.11. The average Bonchev–Trinajstić information content (AvgIpc) is 2.77. The zero-order chi connectivity index (χ0) is 23.7. The first-order chi connectivity index (χ1) is 15.7. The Bertz CT molecular complexity index is 1430. The molecule has 10 heteroatoms. The number of aromatic hydroxyl groups is 1. The summed E-state index contributed by atoms with van der Waals surface area (Å²) in [6.45, 7) is 1.98. The Hall–Kier alpha value is -3.59. The van der Waals surface area contributed by atoms with Crippen molar-refractivity contribution in [3.8, 4) is 22.9 Å². The van der Waals surface area contributed by atoms with Gasteiger partial charge in [-0.15, -0.1) is 0 Å². The molecule has 1 heterocycles. The van der Waals surface area contributed by atoms with E-state index >= 15 is 0 Å². The standard InChI is InChI=1S/C23H18Cl2N4O4/c1-12-2-4-13(5-3-12)21(26)16-10-15(6-7-19(16)30)33-22-17(24)8-14(9-18(22)25)29-23(32)28-20(31)11-27-29/h2-11,21,30H,26H2,1H3,(H,28,31,32). The molecule has 0 fully saturated rings. The van der Waals surface area contributed by atoms with Gasteiger partial charge in [0.25, 0.3) is 5.56 Å². The molecule has 0 radical (unpaired) electrons. The lowest BCUT2D eigenvalue weighted by Gasteiger charge is -2.17.